The molecule has 3 aromatic rings. The topological polar surface area (TPSA) is 79.8 Å². The Hall–Kier alpha value is -3.22. The Bertz CT molecular complexity index is 1020. The second kappa shape index (κ2) is 7.57. The molecule has 2 N–H and O–H groups in total. The van der Waals surface area contributed by atoms with Crippen molar-refractivity contribution in [3.63, 3.8) is 0 Å². The number of nitrogens with one attached hydrogen (secondary N) is 2. The van der Waals surface area contributed by atoms with Crippen LogP contribution >= 0.6 is 0 Å². The van der Waals surface area contributed by atoms with Crippen molar-refractivity contribution in [3.8, 4) is 5.69 Å². The molecule has 0 spiro atoms. The van der Waals surface area contributed by atoms with Gasteiger partial charge in [-0.3, -0.25) is 14.2 Å². The summed E-state index contributed by atoms with van der Waals surface area (Å²) in [6, 6.07) is 6.89. The highest BCUT2D eigenvalue weighted by Crippen LogP contribution is 2.15. The zero-order chi connectivity index (χ0) is 19.6. The lowest BCUT2D eigenvalue weighted by Crippen LogP contribution is -2.35. The molecule has 6 nitrogen and oxygen atoms in total. The van der Waals surface area contributed by atoms with Gasteiger partial charge in [0.25, 0.3) is 11.5 Å². The molecule has 0 bridgehead atoms. The van der Waals surface area contributed by atoms with Crippen molar-refractivity contribution in [1.82, 2.24) is 19.9 Å². The predicted molar refractivity (Wildman–Crippen MR) is 101 cm³/mol. The maximum Gasteiger partial charge on any atom is 0.268 e. The average Bonchev–Trinajstić information content (AvgIpc) is 3.07. The van der Waals surface area contributed by atoms with Gasteiger partial charge in [-0.1, -0.05) is 6.92 Å². The summed E-state index contributed by atoms with van der Waals surface area (Å²) < 4.78 is 14.5. The largest absolute Gasteiger partial charge is 0.344 e. The molecule has 2 heterocycles. The van der Waals surface area contributed by atoms with E-state index in [4.69, 9.17) is 0 Å². The molecule has 0 radical (unpaired) electrons. The highest BCUT2D eigenvalue weighted by molar-refractivity contribution is 5.95. The van der Waals surface area contributed by atoms with Crippen LogP contribution in [-0.4, -0.2) is 20.4 Å². The number of halogens is 1. The predicted octanol–water partition coefficient (Wildman–Crippen LogP) is 3.20. The quantitative estimate of drug-likeness (QED) is 0.726. The smallest absolute Gasteiger partial charge is 0.268 e. The van der Waals surface area contributed by atoms with E-state index in [1.807, 2.05) is 13.8 Å². The van der Waals surface area contributed by atoms with E-state index in [0.717, 1.165) is 5.69 Å². The number of imidazole rings is 1. The molecule has 2 aromatic heterocycles. The number of benzene rings is 1. The van der Waals surface area contributed by atoms with Crippen LogP contribution < -0.4 is 10.9 Å². The number of carbonyl (C=O) groups is 1. The number of amides is 1. The standard InChI is InChI=1S/C20H21FN4O2/c1-4-16(18-22-11-13(3)23-18)24-19(26)17-12(2)9-10-25(20(17)27)15-7-5-14(21)6-8-15/h5-11,16H,4H2,1-3H3,(H,22,23)(H,24,26). The summed E-state index contributed by atoms with van der Waals surface area (Å²) in [7, 11) is 0. The zero-order valence-corrected chi connectivity index (χ0v) is 15.4. The molecule has 3 rings (SSSR count). The molecule has 140 valence electrons. The van der Waals surface area contributed by atoms with Gasteiger partial charge in [0.1, 0.15) is 17.2 Å². The van der Waals surface area contributed by atoms with Gasteiger partial charge in [-0.05, 0) is 56.2 Å². The van der Waals surface area contributed by atoms with Gasteiger partial charge in [-0.15, -0.1) is 0 Å². The van der Waals surface area contributed by atoms with Crippen molar-refractivity contribution in [1.29, 1.82) is 0 Å². The van der Waals surface area contributed by atoms with Crippen molar-refractivity contribution in [2.24, 2.45) is 0 Å². The average molecular weight is 368 g/mol. The number of nitrogens with zero attached hydrogens (tertiary/aromatic N) is 2. The molecule has 0 fully saturated rings. The summed E-state index contributed by atoms with van der Waals surface area (Å²) in [6.07, 6.45) is 3.89. The van der Waals surface area contributed by atoms with Crippen LogP contribution in [0, 0.1) is 19.7 Å². The molecule has 0 aliphatic carbocycles. The Morgan fingerprint density at radius 1 is 1.26 bits per heavy atom. The van der Waals surface area contributed by atoms with Crippen LogP contribution in [0.25, 0.3) is 5.69 Å². The number of aryl methyl sites for hydroxylation is 2. The molecule has 0 saturated heterocycles. The summed E-state index contributed by atoms with van der Waals surface area (Å²) in [6.45, 7) is 5.52. The van der Waals surface area contributed by atoms with Gasteiger partial charge in [0.2, 0.25) is 0 Å². The number of hydrogen-bond donors (Lipinski definition) is 2. The third-order valence-corrected chi connectivity index (χ3v) is 4.40. The van der Waals surface area contributed by atoms with Gasteiger partial charge >= 0.3 is 0 Å². The van der Waals surface area contributed by atoms with Crippen LogP contribution in [0.1, 0.15) is 46.8 Å². The Labute approximate surface area is 156 Å². The molecule has 27 heavy (non-hydrogen) atoms. The molecule has 1 atom stereocenters. The van der Waals surface area contributed by atoms with Crippen molar-refractivity contribution < 1.29 is 9.18 Å². The normalized spacial score (nSPS) is 12.0. The number of H-pyrrole nitrogens is 1. The number of rotatable bonds is 5. The van der Waals surface area contributed by atoms with Gasteiger partial charge in [-0.2, -0.15) is 0 Å². The third kappa shape index (κ3) is 3.81. The first kappa shape index (κ1) is 18.6. The Morgan fingerprint density at radius 2 is 1.96 bits per heavy atom. The maximum atomic E-state index is 13.2. The maximum absolute atomic E-state index is 13.2. The van der Waals surface area contributed by atoms with Gasteiger partial charge in [0.05, 0.1) is 6.04 Å². The first-order valence-corrected chi connectivity index (χ1v) is 8.71. The van der Waals surface area contributed by atoms with E-state index in [9.17, 15) is 14.0 Å². The van der Waals surface area contributed by atoms with E-state index in [0.29, 0.717) is 23.5 Å². The van der Waals surface area contributed by atoms with E-state index in [1.165, 1.54) is 28.8 Å². The van der Waals surface area contributed by atoms with E-state index < -0.39 is 17.3 Å². The van der Waals surface area contributed by atoms with Gasteiger partial charge in [0.15, 0.2) is 0 Å². The monoisotopic (exact) mass is 368 g/mol. The Balaban J connectivity index is 1.95. The zero-order valence-electron chi connectivity index (χ0n) is 15.4. The fourth-order valence-electron chi connectivity index (χ4n) is 2.91. The first-order valence-electron chi connectivity index (χ1n) is 8.71. The van der Waals surface area contributed by atoms with Crippen molar-refractivity contribution >= 4 is 5.91 Å². The van der Waals surface area contributed by atoms with Crippen LogP contribution in [0.5, 0.6) is 0 Å². The Kier molecular flexibility index (Phi) is 5.21. The summed E-state index contributed by atoms with van der Waals surface area (Å²) in [5.74, 6) is -0.206. The van der Waals surface area contributed by atoms with Crippen molar-refractivity contribution in [2.45, 2.75) is 33.2 Å². The molecule has 0 aliphatic rings. The summed E-state index contributed by atoms with van der Waals surface area (Å²) in [5, 5.41) is 2.88. The minimum absolute atomic E-state index is 0.0588. The molecule has 1 aromatic carbocycles. The number of carbonyl (C=O) groups excluding carboxylic acids is 1. The molecule has 7 heteroatoms. The Morgan fingerprint density at radius 3 is 2.56 bits per heavy atom. The highest BCUT2D eigenvalue weighted by Gasteiger charge is 2.21. The lowest BCUT2D eigenvalue weighted by molar-refractivity contribution is 0.0931. The molecular formula is C20H21FN4O2. The lowest BCUT2D eigenvalue weighted by atomic mass is 10.1. The van der Waals surface area contributed by atoms with Crippen LogP contribution in [0.2, 0.25) is 0 Å². The summed E-state index contributed by atoms with van der Waals surface area (Å²) in [5.41, 5.74) is 1.56. The van der Waals surface area contributed by atoms with Crippen LogP contribution in [-0.2, 0) is 0 Å². The minimum atomic E-state index is -0.463. The lowest BCUT2D eigenvalue weighted by Gasteiger charge is -2.16. The highest BCUT2D eigenvalue weighted by atomic mass is 19.1. The minimum Gasteiger partial charge on any atom is -0.344 e. The summed E-state index contributed by atoms with van der Waals surface area (Å²) >= 11 is 0. The first-order chi connectivity index (χ1) is 12.9. The van der Waals surface area contributed by atoms with Crippen molar-refractivity contribution in [3.05, 3.63) is 81.5 Å². The fourth-order valence-corrected chi connectivity index (χ4v) is 2.91. The molecule has 1 amide bonds. The van der Waals surface area contributed by atoms with Crippen LogP contribution in [0.4, 0.5) is 4.39 Å². The number of hydrogen-bond acceptors (Lipinski definition) is 3. The number of aromatic nitrogens is 3. The van der Waals surface area contributed by atoms with Gasteiger partial charge < -0.3 is 10.3 Å². The summed E-state index contributed by atoms with van der Waals surface area (Å²) in [4.78, 5) is 33.1. The second-order valence-corrected chi connectivity index (χ2v) is 6.41. The third-order valence-electron chi connectivity index (χ3n) is 4.40. The molecular weight excluding hydrogens is 347 g/mol. The molecule has 0 saturated carbocycles. The van der Waals surface area contributed by atoms with Crippen LogP contribution in [0.15, 0.2) is 47.5 Å². The van der Waals surface area contributed by atoms with Gasteiger partial charge in [-0.25, -0.2) is 9.37 Å². The van der Waals surface area contributed by atoms with E-state index >= 15 is 0 Å². The molecule has 0 aliphatic heterocycles. The number of pyridine rings is 1. The van der Waals surface area contributed by atoms with Gasteiger partial charge in [0, 0.05) is 23.8 Å². The SMILES string of the molecule is CCC(NC(=O)c1c(C)ccn(-c2ccc(F)cc2)c1=O)c1ncc(C)[nH]1. The second-order valence-electron chi connectivity index (χ2n) is 6.41. The number of aromatic amines is 1. The van der Waals surface area contributed by atoms with E-state index in [-0.39, 0.29) is 11.6 Å². The molecule has 1 unspecified atom stereocenters. The van der Waals surface area contributed by atoms with Crippen LogP contribution in [0.3, 0.4) is 0 Å². The van der Waals surface area contributed by atoms with Crippen molar-refractivity contribution in [2.75, 3.05) is 0 Å². The van der Waals surface area contributed by atoms with E-state index in [2.05, 4.69) is 15.3 Å². The fraction of sp³-hybridized carbons (Fsp3) is 0.250. The van der Waals surface area contributed by atoms with E-state index in [1.54, 1.807) is 25.4 Å².